The van der Waals surface area contributed by atoms with Gasteiger partial charge in [-0.2, -0.15) is 0 Å². The van der Waals surface area contributed by atoms with Crippen LogP contribution in [-0.2, 0) is 0 Å². The van der Waals surface area contributed by atoms with Crippen molar-refractivity contribution in [3.63, 3.8) is 0 Å². The zero-order valence-corrected chi connectivity index (χ0v) is 15.0. The minimum Gasteiger partial charge on any atom is -0.396 e. The second-order valence-electron chi connectivity index (χ2n) is 5.72. The van der Waals surface area contributed by atoms with Crippen LogP contribution < -0.4 is 5.73 Å². The molecule has 0 spiro atoms. The van der Waals surface area contributed by atoms with E-state index in [1.807, 2.05) is 56.3 Å². The van der Waals surface area contributed by atoms with Crippen molar-refractivity contribution in [1.82, 2.24) is 0 Å². The number of nitrogens with two attached hydrogens (primary N) is 1. The van der Waals surface area contributed by atoms with E-state index in [2.05, 4.69) is 6.07 Å². The van der Waals surface area contributed by atoms with E-state index >= 15 is 0 Å². The second-order valence-corrected chi connectivity index (χ2v) is 7.27. The Kier molecular flexibility index (Phi) is 7.23. The molecule has 0 aliphatic carbocycles. The third-order valence-electron chi connectivity index (χ3n) is 3.54. The number of halogens is 2. The molecule has 0 radical (unpaired) electrons. The zero-order chi connectivity index (χ0) is 15.5. The first kappa shape index (κ1) is 19.3. The van der Waals surface area contributed by atoms with Crippen molar-refractivity contribution in [2.75, 3.05) is 6.61 Å². The highest BCUT2D eigenvalue weighted by Gasteiger charge is 2.28. The minimum absolute atomic E-state index is 0. The lowest BCUT2D eigenvalue weighted by atomic mass is 9.82. The number of aliphatic hydroxyl groups excluding tert-OH is 1. The molecular formula is C17H21Cl2NOS. The number of rotatable bonds is 5. The van der Waals surface area contributed by atoms with E-state index in [1.165, 1.54) is 0 Å². The molecule has 0 unspecified atom stereocenters. The summed E-state index contributed by atoms with van der Waals surface area (Å²) in [6.07, 6.45) is 0. The summed E-state index contributed by atoms with van der Waals surface area (Å²) in [6.45, 7) is 4.00. The standard InChI is InChI=1S/C17H20ClNOS.ClH/c1-17(2,11-20)16(19)14-5-3-4-6-15(14)21-13-9-7-12(18)8-10-13;/h3-10,16,20H,11,19H2,1-2H3;1H/t16-;/m1./s1. The highest BCUT2D eigenvalue weighted by molar-refractivity contribution is 7.99. The SMILES string of the molecule is CC(C)(CO)[C@H](N)c1ccccc1Sc1ccc(Cl)cc1.Cl. The molecule has 2 aromatic carbocycles. The van der Waals surface area contributed by atoms with E-state index in [4.69, 9.17) is 17.3 Å². The molecule has 1 atom stereocenters. The van der Waals surface area contributed by atoms with E-state index in [9.17, 15) is 5.11 Å². The van der Waals surface area contributed by atoms with E-state index in [1.54, 1.807) is 11.8 Å². The van der Waals surface area contributed by atoms with Crippen LogP contribution in [0.15, 0.2) is 58.3 Å². The molecule has 5 heteroatoms. The van der Waals surface area contributed by atoms with Crippen molar-refractivity contribution in [3.8, 4) is 0 Å². The molecule has 120 valence electrons. The van der Waals surface area contributed by atoms with Crippen LogP contribution >= 0.6 is 35.8 Å². The largest absolute Gasteiger partial charge is 0.396 e. The Morgan fingerprint density at radius 3 is 2.32 bits per heavy atom. The Labute approximate surface area is 147 Å². The van der Waals surface area contributed by atoms with Crippen LogP contribution in [0.2, 0.25) is 5.02 Å². The summed E-state index contributed by atoms with van der Waals surface area (Å²) in [5.41, 5.74) is 7.06. The van der Waals surface area contributed by atoms with Crippen LogP contribution in [0.25, 0.3) is 0 Å². The van der Waals surface area contributed by atoms with Gasteiger partial charge in [0.1, 0.15) is 0 Å². The van der Waals surface area contributed by atoms with Gasteiger partial charge in [0.25, 0.3) is 0 Å². The summed E-state index contributed by atoms with van der Waals surface area (Å²) in [6, 6.07) is 15.6. The topological polar surface area (TPSA) is 46.2 Å². The van der Waals surface area contributed by atoms with E-state index in [-0.39, 0.29) is 30.5 Å². The highest BCUT2D eigenvalue weighted by atomic mass is 35.5. The van der Waals surface area contributed by atoms with Crippen LogP contribution in [0.5, 0.6) is 0 Å². The molecular weight excluding hydrogens is 337 g/mol. The van der Waals surface area contributed by atoms with Crippen molar-refractivity contribution in [2.24, 2.45) is 11.1 Å². The van der Waals surface area contributed by atoms with Gasteiger partial charge in [0.05, 0.1) is 0 Å². The predicted octanol–water partition coefficient (Wildman–Crippen LogP) is 4.93. The maximum atomic E-state index is 9.54. The molecule has 0 saturated heterocycles. The van der Waals surface area contributed by atoms with Gasteiger partial charge in [-0.15, -0.1) is 12.4 Å². The summed E-state index contributed by atoms with van der Waals surface area (Å²) < 4.78 is 0. The fourth-order valence-corrected chi connectivity index (χ4v) is 3.09. The summed E-state index contributed by atoms with van der Waals surface area (Å²) in [5.74, 6) is 0. The van der Waals surface area contributed by atoms with Gasteiger partial charge in [-0.1, -0.05) is 55.4 Å². The Morgan fingerprint density at radius 2 is 1.73 bits per heavy atom. The molecule has 22 heavy (non-hydrogen) atoms. The molecule has 0 aromatic heterocycles. The fraction of sp³-hybridized carbons (Fsp3) is 0.294. The van der Waals surface area contributed by atoms with Gasteiger partial charge in [0.15, 0.2) is 0 Å². The van der Waals surface area contributed by atoms with E-state index < -0.39 is 0 Å². The van der Waals surface area contributed by atoms with E-state index in [0.717, 1.165) is 20.4 Å². The van der Waals surface area contributed by atoms with Crippen molar-refractivity contribution < 1.29 is 5.11 Å². The van der Waals surface area contributed by atoms with Crippen LogP contribution in [0.3, 0.4) is 0 Å². The lowest BCUT2D eigenvalue weighted by Gasteiger charge is -2.31. The summed E-state index contributed by atoms with van der Waals surface area (Å²) >= 11 is 7.58. The molecule has 3 N–H and O–H groups in total. The highest BCUT2D eigenvalue weighted by Crippen LogP contribution is 2.38. The molecule has 0 bridgehead atoms. The quantitative estimate of drug-likeness (QED) is 0.797. The Bertz CT molecular complexity index is 602. The van der Waals surface area contributed by atoms with Crippen molar-refractivity contribution in [1.29, 1.82) is 0 Å². The van der Waals surface area contributed by atoms with Crippen LogP contribution in [0.4, 0.5) is 0 Å². The Balaban J connectivity index is 0.00000242. The van der Waals surface area contributed by atoms with Crippen molar-refractivity contribution in [2.45, 2.75) is 29.7 Å². The normalized spacial score (nSPS) is 12.6. The van der Waals surface area contributed by atoms with Crippen LogP contribution in [-0.4, -0.2) is 11.7 Å². The monoisotopic (exact) mass is 357 g/mol. The molecule has 0 saturated carbocycles. The van der Waals surface area contributed by atoms with Crippen molar-refractivity contribution >= 4 is 35.8 Å². The number of hydrogen-bond acceptors (Lipinski definition) is 3. The van der Waals surface area contributed by atoms with Gasteiger partial charge in [-0.05, 0) is 35.9 Å². The van der Waals surface area contributed by atoms with Gasteiger partial charge in [-0.25, -0.2) is 0 Å². The molecule has 0 amide bonds. The smallest absolute Gasteiger partial charge is 0.0500 e. The molecule has 0 aliphatic rings. The summed E-state index contributed by atoms with van der Waals surface area (Å²) in [7, 11) is 0. The number of benzene rings is 2. The van der Waals surface area contributed by atoms with E-state index in [0.29, 0.717) is 0 Å². The first-order chi connectivity index (χ1) is 9.94. The molecule has 2 rings (SSSR count). The maximum Gasteiger partial charge on any atom is 0.0500 e. The number of aliphatic hydroxyl groups is 1. The van der Waals surface area contributed by atoms with Crippen LogP contribution in [0, 0.1) is 5.41 Å². The third kappa shape index (κ3) is 4.64. The Hall–Kier alpha value is -0.710. The average Bonchev–Trinajstić information content (AvgIpc) is 2.49. The zero-order valence-electron chi connectivity index (χ0n) is 12.6. The third-order valence-corrected chi connectivity index (χ3v) is 4.90. The van der Waals surface area contributed by atoms with Crippen molar-refractivity contribution in [3.05, 3.63) is 59.1 Å². The summed E-state index contributed by atoms with van der Waals surface area (Å²) in [5, 5.41) is 10.3. The molecule has 2 aromatic rings. The average molecular weight is 358 g/mol. The molecule has 0 aliphatic heterocycles. The fourth-order valence-electron chi connectivity index (χ4n) is 1.98. The van der Waals surface area contributed by atoms with Gasteiger partial charge in [-0.3, -0.25) is 0 Å². The lowest BCUT2D eigenvalue weighted by molar-refractivity contribution is 0.131. The van der Waals surface area contributed by atoms with Gasteiger partial charge >= 0.3 is 0 Å². The summed E-state index contributed by atoms with van der Waals surface area (Å²) in [4.78, 5) is 2.22. The second kappa shape index (κ2) is 8.23. The minimum atomic E-state index is -0.364. The molecule has 0 fully saturated rings. The first-order valence-electron chi connectivity index (χ1n) is 6.83. The molecule has 0 heterocycles. The Morgan fingerprint density at radius 1 is 1.14 bits per heavy atom. The first-order valence-corrected chi connectivity index (χ1v) is 8.02. The number of hydrogen-bond donors (Lipinski definition) is 2. The molecule has 2 nitrogen and oxygen atoms in total. The van der Waals surface area contributed by atoms with Gasteiger partial charge in [0, 0.05) is 32.9 Å². The predicted molar refractivity (Wildman–Crippen MR) is 97.1 cm³/mol. The maximum absolute atomic E-state index is 9.54. The lowest BCUT2D eigenvalue weighted by Crippen LogP contribution is -2.32. The van der Waals surface area contributed by atoms with Crippen LogP contribution in [0.1, 0.15) is 25.5 Å². The van der Waals surface area contributed by atoms with Gasteiger partial charge in [0.2, 0.25) is 0 Å². The van der Waals surface area contributed by atoms with Gasteiger partial charge < -0.3 is 10.8 Å².